The summed E-state index contributed by atoms with van der Waals surface area (Å²) >= 11 is 0. The lowest BCUT2D eigenvalue weighted by molar-refractivity contribution is 0.0600. The Labute approximate surface area is 301 Å². The number of hydrogen-bond donors (Lipinski definition) is 0. The van der Waals surface area contributed by atoms with Gasteiger partial charge in [-0.05, 0) is 89.9 Å². The van der Waals surface area contributed by atoms with E-state index in [1.165, 1.54) is 26.4 Å². The Balaban J connectivity index is 1.39. The van der Waals surface area contributed by atoms with Gasteiger partial charge in [-0.3, -0.25) is 4.79 Å². The second-order valence-corrected chi connectivity index (χ2v) is 13.2. The highest BCUT2D eigenvalue weighted by atomic mass is 16.5. The molecule has 0 spiro atoms. The molecule has 1 aliphatic heterocycles. The standard InChI is InChI=1S/C44H46N2O5/c1-32(2)39-27-40(42(51-31-35-15-9-5-10-16-35)28-41(39)50-30-34-13-7-4-8-14-34)43(47)46(29-33-17-19-36(20-18-33)44(48)49-3)38-23-21-37(22-24-38)45-25-11-6-12-26-45/h4-5,7-10,13-24,27-28,32H,6,11-12,25-26,29-31H2,1-3H3. The highest BCUT2D eigenvalue weighted by Gasteiger charge is 2.26. The van der Waals surface area contributed by atoms with Crippen molar-refractivity contribution in [3.63, 3.8) is 0 Å². The summed E-state index contributed by atoms with van der Waals surface area (Å²) in [5.41, 5.74) is 6.66. The van der Waals surface area contributed by atoms with Gasteiger partial charge in [0.15, 0.2) is 0 Å². The van der Waals surface area contributed by atoms with E-state index < -0.39 is 5.97 Å². The van der Waals surface area contributed by atoms with Crippen LogP contribution in [0.2, 0.25) is 0 Å². The van der Waals surface area contributed by atoms with Gasteiger partial charge in [0.2, 0.25) is 0 Å². The predicted octanol–water partition coefficient (Wildman–Crippen LogP) is 9.59. The molecule has 0 saturated carbocycles. The van der Waals surface area contributed by atoms with Gasteiger partial charge in [-0.2, -0.15) is 0 Å². The first-order valence-corrected chi connectivity index (χ1v) is 17.7. The normalized spacial score (nSPS) is 12.7. The van der Waals surface area contributed by atoms with Crippen LogP contribution in [0.15, 0.2) is 121 Å². The van der Waals surface area contributed by atoms with Crippen molar-refractivity contribution in [2.24, 2.45) is 0 Å². The molecule has 5 aromatic carbocycles. The molecule has 1 heterocycles. The fourth-order valence-electron chi connectivity index (χ4n) is 6.38. The van der Waals surface area contributed by atoms with Crippen LogP contribution in [0.1, 0.15) is 82.0 Å². The Kier molecular flexibility index (Phi) is 11.7. The van der Waals surface area contributed by atoms with E-state index in [4.69, 9.17) is 14.2 Å². The molecule has 6 rings (SSSR count). The van der Waals surface area contributed by atoms with Crippen molar-refractivity contribution in [1.82, 2.24) is 0 Å². The highest BCUT2D eigenvalue weighted by molar-refractivity contribution is 6.08. The van der Waals surface area contributed by atoms with Crippen LogP contribution in [0.4, 0.5) is 11.4 Å². The molecule has 0 atom stereocenters. The van der Waals surface area contributed by atoms with Gasteiger partial charge in [-0.15, -0.1) is 0 Å². The van der Waals surface area contributed by atoms with E-state index in [9.17, 15) is 9.59 Å². The van der Waals surface area contributed by atoms with Gasteiger partial charge in [0.1, 0.15) is 24.7 Å². The summed E-state index contributed by atoms with van der Waals surface area (Å²) < 4.78 is 17.8. The number of amides is 1. The molecule has 262 valence electrons. The van der Waals surface area contributed by atoms with Crippen molar-refractivity contribution in [1.29, 1.82) is 0 Å². The van der Waals surface area contributed by atoms with E-state index in [2.05, 4.69) is 30.9 Å². The second kappa shape index (κ2) is 16.9. The Morgan fingerprint density at radius 2 is 1.27 bits per heavy atom. The second-order valence-electron chi connectivity index (χ2n) is 13.2. The maximum absolute atomic E-state index is 15.0. The lowest BCUT2D eigenvalue weighted by atomic mass is 9.97. The van der Waals surface area contributed by atoms with Crippen molar-refractivity contribution in [2.45, 2.75) is 58.8 Å². The Morgan fingerprint density at radius 3 is 1.84 bits per heavy atom. The minimum absolute atomic E-state index is 0.0774. The molecule has 0 radical (unpaired) electrons. The number of carbonyl (C=O) groups is 2. The molecule has 1 fully saturated rings. The van der Waals surface area contributed by atoms with Gasteiger partial charge in [-0.25, -0.2) is 4.79 Å². The lowest BCUT2D eigenvalue weighted by Crippen LogP contribution is -2.31. The predicted molar refractivity (Wildman–Crippen MR) is 203 cm³/mol. The van der Waals surface area contributed by atoms with Crippen LogP contribution < -0.4 is 19.3 Å². The first-order valence-electron chi connectivity index (χ1n) is 17.7. The number of piperidine rings is 1. The fraction of sp³-hybridized carbons (Fsp3) is 0.273. The molecule has 1 saturated heterocycles. The minimum Gasteiger partial charge on any atom is -0.488 e. The van der Waals surface area contributed by atoms with Crippen LogP contribution in [0, 0.1) is 0 Å². The summed E-state index contributed by atoms with van der Waals surface area (Å²) in [5.74, 6) is 0.612. The molecule has 0 aromatic heterocycles. The lowest BCUT2D eigenvalue weighted by Gasteiger charge is -2.30. The van der Waals surface area contributed by atoms with Crippen molar-refractivity contribution >= 4 is 23.3 Å². The zero-order valence-electron chi connectivity index (χ0n) is 29.7. The number of benzene rings is 5. The van der Waals surface area contributed by atoms with E-state index >= 15 is 0 Å². The number of ether oxygens (including phenoxy) is 3. The summed E-state index contributed by atoms with van der Waals surface area (Å²) in [6.07, 6.45) is 3.63. The Bertz CT molecular complexity index is 1880. The van der Waals surface area contributed by atoms with Gasteiger partial charge >= 0.3 is 5.97 Å². The molecular weight excluding hydrogens is 636 g/mol. The average molecular weight is 683 g/mol. The van der Waals surface area contributed by atoms with E-state index in [1.807, 2.05) is 97.1 Å². The number of hydrogen-bond acceptors (Lipinski definition) is 6. The smallest absolute Gasteiger partial charge is 0.337 e. The summed E-state index contributed by atoms with van der Waals surface area (Å²) in [6, 6.07) is 39.2. The van der Waals surface area contributed by atoms with Crippen LogP contribution in [-0.2, 0) is 24.5 Å². The minimum atomic E-state index is -0.404. The molecule has 0 aliphatic carbocycles. The topological polar surface area (TPSA) is 68.3 Å². The molecule has 5 aromatic rings. The SMILES string of the molecule is COC(=O)c1ccc(CN(C(=O)c2cc(C(C)C)c(OCc3ccccc3)cc2OCc2ccccc2)c2ccc(N3CCCCC3)cc2)cc1. The molecule has 1 amide bonds. The number of anilines is 2. The van der Waals surface area contributed by atoms with E-state index in [-0.39, 0.29) is 18.4 Å². The number of methoxy groups -OCH3 is 1. The van der Waals surface area contributed by atoms with Crippen molar-refractivity contribution in [3.8, 4) is 11.5 Å². The molecule has 1 aliphatic rings. The van der Waals surface area contributed by atoms with E-state index in [1.54, 1.807) is 17.0 Å². The van der Waals surface area contributed by atoms with Crippen molar-refractivity contribution in [3.05, 3.63) is 155 Å². The fourth-order valence-corrected chi connectivity index (χ4v) is 6.38. The van der Waals surface area contributed by atoms with Crippen LogP contribution in [0.25, 0.3) is 0 Å². The molecule has 7 nitrogen and oxygen atoms in total. The molecule has 0 N–H and O–H groups in total. The molecule has 51 heavy (non-hydrogen) atoms. The van der Waals surface area contributed by atoms with Gasteiger partial charge in [-0.1, -0.05) is 86.6 Å². The zero-order chi connectivity index (χ0) is 35.6. The van der Waals surface area contributed by atoms with Gasteiger partial charge in [0.05, 0.1) is 24.8 Å². The van der Waals surface area contributed by atoms with Crippen LogP contribution >= 0.6 is 0 Å². The quantitative estimate of drug-likeness (QED) is 0.115. The first kappa shape index (κ1) is 35.3. The first-order chi connectivity index (χ1) is 24.9. The summed E-state index contributed by atoms with van der Waals surface area (Å²) in [5, 5.41) is 0. The maximum Gasteiger partial charge on any atom is 0.337 e. The maximum atomic E-state index is 15.0. The largest absolute Gasteiger partial charge is 0.488 e. The van der Waals surface area contributed by atoms with E-state index in [0.29, 0.717) is 35.8 Å². The van der Waals surface area contributed by atoms with Crippen molar-refractivity contribution in [2.75, 3.05) is 30.0 Å². The van der Waals surface area contributed by atoms with Crippen LogP contribution in [-0.4, -0.2) is 32.1 Å². The van der Waals surface area contributed by atoms with Gasteiger partial charge in [0, 0.05) is 30.5 Å². The number of carbonyl (C=O) groups excluding carboxylic acids is 2. The Hall–Kier alpha value is -5.56. The summed E-state index contributed by atoms with van der Waals surface area (Å²) in [4.78, 5) is 31.3. The zero-order valence-corrected chi connectivity index (χ0v) is 29.7. The molecular formula is C44H46N2O5. The van der Waals surface area contributed by atoms with Crippen LogP contribution in [0.5, 0.6) is 11.5 Å². The summed E-state index contributed by atoms with van der Waals surface area (Å²) in [7, 11) is 1.37. The van der Waals surface area contributed by atoms with Gasteiger partial charge < -0.3 is 24.0 Å². The summed E-state index contributed by atoms with van der Waals surface area (Å²) in [6.45, 7) is 7.24. The third-order valence-corrected chi connectivity index (χ3v) is 9.28. The highest BCUT2D eigenvalue weighted by Crippen LogP contribution is 2.37. The molecule has 7 heteroatoms. The number of nitrogens with zero attached hydrogens (tertiary/aromatic N) is 2. The Morgan fingerprint density at radius 1 is 0.686 bits per heavy atom. The molecule has 0 bridgehead atoms. The average Bonchev–Trinajstić information content (AvgIpc) is 3.19. The monoisotopic (exact) mass is 682 g/mol. The number of esters is 1. The van der Waals surface area contributed by atoms with Crippen LogP contribution in [0.3, 0.4) is 0 Å². The third kappa shape index (κ3) is 8.97. The van der Waals surface area contributed by atoms with Crippen molar-refractivity contribution < 1.29 is 23.8 Å². The third-order valence-electron chi connectivity index (χ3n) is 9.28. The molecule has 0 unspecified atom stereocenters. The van der Waals surface area contributed by atoms with Gasteiger partial charge in [0.25, 0.3) is 5.91 Å². The number of rotatable bonds is 13. The van der Waals surface area contributed by atoms with E-state index in [0.717, 1.165) is 46.7 Å².